The molecule has 7 heteroatoms. The van der Waals surface area contributed by atoms with Crippen LogP contribution in [0.1, 0.15) is 26.2 Å². The fourth-order valence-corrected chi connectivity index (χ4v) is 3.48. The Hall–Kier alpha value is -1.22. The predicted molar refractivity (Wildman–Crippen MR) is 61.3 cm³/mol. The molecule has 1 aliphatic heterocycles. The van der Waals surface area contributed by atoms with E-state index in [2.05, 4.69) is 4.99 Å². The Labute approximate surface area is 101 Å². The van der Waals surface area contributed by atoms with Gasteiger partial charge in [0, 0.05) is 13.1 Å². The lowest BCUT2D eigenvalue weighted by atomic mass is 10.1. The number of carbonyl (C=O) groups excluding carboxylic acids is 1. The molecule has 1 aliphatic rings. The number of nitrogens with zero attached hydrogens (tertiary/aromatic N) is 3. The Morgan fingerprint density at radius 3 is 2.47 bits per heavy atom. The summed E-state index contributed by atoms with van der Waals surface area (Å²) in [5, 5.41) is 7.82. The summed E-state index contributed by atoms with van der Waals surface area (Å²) >= 11 is 0. The van der Waals surface area contributed by atoms with E-state index in [1.807, 2.05) is 6.07 Å². The van der Waals surface area contributed by atoms with Gasteiger partial charge in [0.15, 0.2) is 5.25 Å². The Bertz CT molecular complexity index is 440. The van der Waals surface area contributed by atoms with Crippen molar-refractivity contribution in [3.63, 3.8) is 0 Å². The van der Waals surface area contributed by atoms with E-state index in [1.54, 1.807) is 6.92 Å². The van der Waals surface area contributed by atoms with Gasteiger partial charge in [-0.25, -0.2) is 22.5 Å². The van der Waals surface area contributed by atoms with E-state index in [-0.39, 0.29) is 12.5 Å². The number of aliphatic imine (C=N–C) groups is 1. The minimum absolute atomic E-state index is 0.138. The van der Waals surface area contributed by atoms with Gasteiger partial charge in [0.1, 0.15) is 0 Å². The molecule has 1 atom stereocenters. The number of hydrogen-bond donors (Lipinski definition) is 0. The van der Waals surface area contributed by atoms with Crippen LogP contribution < -0.4 is 0 Å². The molecule has 0 spiro atoms. The van der Waals surface area contributed by atoms with E-state index in [9.17, 15) is 13.2 Å². The molecule has 0 radical (unpaired) electrons. The highest BCUT2D eigenvalue weighted by Crippen LogP contribution is 2.20. The second kappa shape index (κ2) is 5.92. The molecular formula is C10H15N3O3S. The minimum atomic E-state index is -3.53. The van der Waals surface area contributed by atoms with Crippen LogP contribution in [0, 0.1) is 11.3 Å². The molecule has 1 fully saturated rings. The van der Waals surface area contributed by atoms with Crippen molar-refractivity contribution >= 4 is 16.1 Å². The van der Waals surface area contributed by atoms with Crippen LogP contribution in [0.3, 0.4) is 0 Å². The quantitative estimate of drug-likeness (QED) is 0.539. The molecule has 1 rings (SSSR count). The van der Waals surface area contributed by atoms with Crippen molar-refractivity contribution in [1.82, 2.24) is 4.31 Å². The fourth-order valence-electron chi connectivity index (χ4n) is 1.85. The van der Waals surface area contributed by atoms with Gasteiger partial charge in [0.2, 0.25) is 16.1 Å². The highest BCUT2D eigenvalue weighted by atomic mass is 32.2. The fraction of sp³-hybridized carbons (Fsp3) is 0.800. The molecular weight excluding hydrogens is 242 g/mol. The Morgan fingerprint density at radius 2 is 2.06 bits per heavy atom. The third-order valence-electron chi connectivity index (χ3n) is 2.89. The number of rotatable bonds is 4. The van der Waals surface area contributed by atoms with Gasteiger partial charge in [-0.2, -0.15) is 5.26 Å². The van der Waals surface area contributed by atoms with Crippen molar-refractivity contribution in [2.24, 2.45) is 4.99 Å². The third-order valence-corrected chi connectivity index (χ3v) is 5.14. The van der Waals surface area contributed by atoms with Crippen LogP contribution in [0.4, 0.5) is 0 Å². The molecule has 0 aromatic heterocycles. The number of sulfonamides is 1. The van der Waals surface area contributed by atoms with E-state index in [0.29, 0.717) is 25.9 Å². The first-order valence-corrected chi connectivity index (χ1v) is 7.02. The van der Waals surface area contributed by atoms with E-state index in [0.717, 1.165) is 0 Å². The van der Waals surface area contributed by atoms with Crippen molar-refractivity contribution in [1.29, 1.82) is 5.26 Å². The first-order valence-electron chi connectivity index (χ1n) is 5.51. The zero-order valence-electron chi connectivity index (χ0n) is 9.66. The van der Waals surface area contributed by atoms with Gasteiger partial charge in [-0.15, -0.1) is 0 Å². The summed E-state index contributed by atoms with van der Waals surface area (Å²) in [6.45, 7) is 2.31. The minimum Gasteiger partial charge on any atom is -0.211 e. The van der Waals surface area contributed by atoms with E-state index >= 15 is 0 Å². The zero-order chi connectivity index (χ0) is 12.9. The normalized spacial score (nSPS) is 20.2. The molecule has 0 saturated carbocycles. The average Bonchev–Trinajstić information content (AvgIpc) is 2.31. The molecule has 0 amide bonds. The van der Waals surface area contributed by atoms with Gasteiger partial charge < -0.3 is 0 Å². The van der Waals surface area contributed by atoms with Gasteiger partial charge in [0.25, 0.3) is 0 Å². The summed E-state index contributed by atoms with van der Waals surface area (Å²) in [5.41, 5.74) is 0. The Balaban J connectivity index is 2.71. The van der Waals surface area contributed by atoms with E-state index in [4.69, 9.17) is 5.26 Å². The van der Waals surface area contributed by atoms with Crippen LogP contribution in [0.5, 0.6) is 0 Å². The van der Waals surface area contributed by atoms with Gasteiger partial charge in [-0.3, -0.25) is 0 Å². The predicted octanol–water partition coefficient (Wildman–Crippen LogP) is 0.419. The van der Waals surface area contributed by atoms with Gasteiger partial charge in [-0.1, -0.05) is 6.92 Å². The third kappa shape index (κ3) is 3.13. The van der Waals surface area contributed by atoms with Crippen LogP contribution in [-0.4, -0.2) is 43.2 Å². The first kappa shape index (κ1) is 13.8. The number of hydrogen-bond acceptors (Lipinski definition) is 5. The SMILES string of the molecule is CCC(C#N)S(=O)(=O)N1CCC(N=C=O)CC1. The largest absolute Gasteiger partial charge is 0.235 e. The maximum atomic E-state index is 12.0. The molecule has 0 bridgehead atoms. The second-order valence-electron chi connectivity index (χ2n) is 3.92. The van der Waals surface area contributed by atoms with Gasteiger partial charge >= 0.3 is 0 Å². The monoisotopic (exact) mass is 257 g/mol. The highest BCUT2D eigenvalue weighted by Gasteiger charge is 2.33. The molecule has 0 aliphatic carbocycles. The standard InChI is InChI=1S/C10H15N3O3S/c1-2-10(7-11)17(15,16)13-5-3-9(4-6-13)12-8-14/h9-10H,2-6H2,1H3. The lowest BCUT2D eigenvalue weighted by Crippen LogP contribution is -2.43. The number of piperidine rings is 1. The lowest BCUT2D eigenvalue weighted by Gasteiger charge is -2.29. The molecule has 6 nitrogen and oxygen atoms in total. The molecule has 1 heterocycles. The zero-order valence-corrected chi connectivity index (χ0v) is 10.5. The van der Waals surface area contributed by atoms with E-state index in [1.165, 1.54) is 10.4 Å². The maximum absolute atomic E-state index is 12.0. The summed E-state index contributed by atoms with van der Waals surface area (Å²) < 4.78 is 25.3. The molecule has 17 heavy (non-hydrogen) atoms. The summed E-state index contributed by atoms with van der Waals surface area (Å²) in [6.07, 6.45) is 2.79. The molecule has 94 valence electrons. The number of nitriles is 1. The van der Waals surface area contributed by atoms with Crippen molar-refractivity contribution < 1.29 is 13.2 Å². The first-order chi connectivity index (χ1) is 8.06. The van der Waals surface area contributed by atoms with Crippen molar-refractivity contribution in [2.45, 2.75) is 37.5 Å². The van der Waals surface area contributed by atoms with Crippen molar-refractivity contribution in [2.75, 3.05) is 13.1 Å². The van der Waals surface area contributed by atoms with Crippen LogP contribution in [0.15, 0.2) is 4.99 Å². The molecule has 1 saturated heterocycles. The lowest BCUT2D eigenvalue weighted by molar-refractivity contribution is 0.318. The molecule has 1 unspecified atom stereocenters. The van der Waals surface area contributed by atoms with Crippen molar-refractivity contribution in [3.05, 3.63) is 0 Å². The van der Waals surface area contributed by atoms with Gasteiger partial charge in [0.05, 0.1) is 12.1 Å². The van der Waals surface area contributed by atoms with E-state index < -0.39 is 15.3 Å². The maximum Gasteiger partial charge on any atom is 0.235 e. The molecule has 0 aromatic rings. The Kier molecular flexibility index (Phi) is 4.82. The number of isocyanates is 1. The average molecular weight is 257 g/mol. The molecule has 0 N–H and O–H groups in total. The second-order valence-corrected chi connectivity index (χ2v) is 6.04. The Morgan fingerprint density at radius 1 is 1.47 bits per heavy atom. The summed E-state index contributed by atoms with van der Waals surface area (Å²) in [7, 11) is -3.53. The summed E-state index contributed by atoms with van der Waals surface area (Å²) in [5.74, 6) is 0. The van der Waals surface area contributed by atoms with Crippen LogP contribution in [0.2, 0.25) is 0 Å². The van der Waals surface area contributed by atoms with Crippen molar-refractivity contribution in [3.8, 4) is 6.07 Å². The summed E-state index contributed by atoms with van der Waals surface area (Å²) in [6, 6.07) is 1.67. The smallest absolute Gasteiger partial charge is 0.211 e. The highest BCUT2D eigenvalue weighted by molar-refractivity contribution is 7.90. The topological polar surface area (TPSA) is 90.6 Å². The van der Waals surface area contributed by atoms with Gasteiger partial charge in [-0.05, 0) is 19.3 Å². The summed E-state index contributed by atoms with van der Waals surface area (Å²) in [4.78, 5) is 13.7. The molecule has 0 aromatic carbocycles. The van der Waals surface area contributed by atoms with Crippen LogP contribution >= 0.6 is 0 Å². The van der Waals surface area contributed by atoms with Crippen LogP contribution in [-0.2, 0) is 14.8 Å². The van der Waals surface area contributed by atoms with Crippen LogP contribution in [0.25, 0.3) is 0 Å².